The molecule has 4 nitrogen and oxygen atoms in total. The molecule has 1 heterocycles. The molecule has 3 rings (SSSR count). The van der Waals surface area contributed by atoms with Gasteiger partial charge in [-0.1, -0.05) is 30.3 Å². The highest BCUT2D eigenvalue weighted by molar-refractivity contribution is 5.94. The first-order valence-corrected chi connectivity index (χ1v) is 8.95. The molecule has 0 aromatic heterocycles. The smallest absolute Gasteiger partial charge is 0.253 e. The summed E-state index contributed by atoms with van der Waals surface area (Å²) in [6.45, 7) is 2.97. The maximum absolute atomic E-state index is 13.0. The van der Waals surface area contributed by atoms with Gasteiger partial charge in [-0.15, -0.1) is 0 Å². The van der Waals surface area contributed by atoms with E-state index in [2.05, 4.69) is 5.32 Å². The first kappa shape index (κ1) is 18.1. The average Bonchev–Trinajstić information content (AvgIpc) is 2.68. The Labute approximate surface area is 153 Å². The average molecular weight is 354 g/mol. The molecule has 0 bridgehead atoms. The molecule has 136 valence electrons. The lowest BCUT2D eigenvalue weighted by molar-refractivity contribution is -0.127. The largest absolute Gasteiger partial charge is 0.349 e. The molecule has 2 atom stereocenters. The summed E-state index contributed by atoms with van der Waals surface area (Å²) in [6.07, 6.45) is 1.55. The molecule has 2 aromatic rings. The Morgan fingerprint density at radius 3 is 2.50 bits per heavy atom. The Kier molecular flexibility index (Phi) is 5.66. The van der Waals surface area contributed by atoms with Crippen LogP contribution in [0.25, 0.3) is 0 Å². The van der Waals surface area contributed by atoms with Crippen molar-refractivity contribution in [2.24, 2.45) is 5.92 Å². The van der Waals surface area contributed by atoms with Gasteiger partial charge in [-0.05, 0) is 49.6 Å². The summed E-state index contributed by atoms with van der Waals surface area (Å²) in [4.78, 5) is 26.9. The van der Waals surface area contributed by atoms with E-state index in [0.717, 1.165) is 18.4 Å². The molecule has 1 N–H and O–H groups in total. The van der Waals surface area contributed by atoms with Gasteiger partial charge in [0.25, 0.3) is 5.91 Å². The maximum atomic E-state index is 13.0. The number of nitrogens with one attached hydrogen (secondary N) is 1. The number of halogens is 1. The van der Waals surface area contributed by atoms with Crippen LogP contribution in [0.5, 0.6) is 0 Å². The molecule has 2 amide bonds. The molecule has 1 saturated heterocycles. The van der Waals surface area contributed by atoms with Gasteiger partial charge < -0.3 is 10.2 Å². The van der Waals surface area contributed by atoms with E-state index >= 15 is 0 Å². The van der Waals surface area contributed by atoms with E-state index in [1.54, 1.807) is 4.90 Å². The quantitative estimate of drug-likeness (QED) is 0.913. The fourth-order valence-corrected chi connectivity index (χ4v) is 3.31. The lowest BCUT2D eigenvalue weighted by Gasteiger charge is -2.32. The highest BCUT2D eigenvalue weighted by atomic mass is 19.1. The van der Waals surface area contributed by atoms with Crippen LogP contribution in [-0.2, 0) is 4.79 Å². The third-order valence-corrected chi connectivity index (χ3v) is 4.83. The van der Waals surface area contributed by atoms with E-state index in [0.29, 0.717) is 18.7 Å². The number of hydrogen-bond acceptors (Lipinski definition) is 2. The number of rotatable bonds is 4. The fourth-order valence-electron chi connectivity index (χ4n) is 3.31. The Morgan fingerprint density at radius 2 is 1.81 bits per heavy atom. The van der Waals surface area contributed by atoms with Crippen molar-refractivity contribution in [3.05, 3.63) is 71.5 Å². The number of carbonyl (C=O) groups excluding carboxylic acids is 2. The van der Waals surface area contributed by atoms with E-state index in [-0.39, 0.29) is 29.6 Å². The molecule has 0 saturated carbocycles. The highest BCUT2D eigenvalue weighted by Crippen LogP contribution is 2.21. The summed E-state index contributed by atoms with van der Waals surface area (Å²) in [5, 5.41) is 3.05. The van der Waals surface area contributed by atoms with E-state index < -0.39 is 0 Å². The van der Waals surface area contributed by atoms with Crippen LogP contribution in [0, 0.1) is 11.7 Å². The molecule has 0 unspecified atom stereocenters. The topological polar surface area (TPSA) is 49.4 Å². The molecule has 1 fully saturated rings. The van der Waals surface area contributed by atoms with Crippen molar-refractivity contribution in [2.45, 2.75) is 25.8 Å². The third-order valence-electron chi connectivity index (χ3n) is 4.83. The minimum Gasteiger partial charge on any atom is -0.349 e. The number of amides is 2. The third kappa shape index (κ3) is 4.28. The second-order valence-corrected chi connectivity index (χ2v) is 6.74. The molecule has 1 aliphatic rings. The van der Waals surface area contributed by atoms with Gasteiger partial charge in [0.1, 0.15) is 5.82 Å². The maximum Gasteiger partial charge on any atom is 0.253 e. The monoisotopic (exact) mass is 354 g/mol. The van der Waals surface area contributed by atoms with E-state index in [9.17, 15) is 14.0 Å². The van der Waals surface area contributed by atoms with E-state index in [1.807, 2.05) is 37.3 Å². The SMILES string of the molecule is C[C@H](NC(=O)[C@@H]1CCCN(C(=O)c2ccc(F)cc2)C1)c1ccccc1. The summed E-state index contributed by atoms with van der Waals surface area (Å²) in [7, 11) is 0. The van der Waals surface area contributed by atoms with Crippen LogP contribution in [-0.4, -0.2) is 29.8 Å². The molecule has 0 aliphatic carbocycles. The summed E-state index contributed by atoms with van der Waals surface area (Å²) >= 11 is 0. The lowest BCUT2D eigenvalue weighted by Crippen LogP contribution is -2.45. The molecule has 1 aliphatic heterocycles. The highest BCUT2D eigenvalue weighted by Gasteiger charge is 2.29. The molecule has 5 heteroatoms. The summed E-state index contributed by atoms with van der Waals surface area (Å²) in [6, 6.07) is 15.3. The van der Waals surface area contributed by atoms with E-state index in [4.69, 9.17) is 0 Å². The van der Waals surface area contributed by atoms with Crippen molar-refractivity contribution in [3.63, 3.8) is 0 Å². The summed E-state index contributed by atoms with van der Waals surface area (Å²) in [5.74, 6) is -0.775. The number of hydrogen-bond donors (Lipinski definition) is 1. The molecule has 0 radical (unpaired) electrons. The van der Waals surface area contributed by atoms with Gasteiger partial charge in [0.15, 0.2) is 0 Å². The van der Waals surface area contributed by atoms with E-state index in [1.165, 1.54) is 24.3 Å². The van der Waals surface area contributed by atoms with Gasteiger partial charge in [0.2, 0.25) is 5.91 Å². The van der Waals surface area contributed by atoms with Crippen LogP contribution in [0.2, 0.25) is 0 Å². The first-order chi connectivity index (χ1) is 12.5. The van der Waals surface area contributed by atoms with Crippen LogP contribution in [0.3, 0.4) is 0 Å². The van der Waals surface area contributed by atoms with Gasteiger partial charge in [-0.25, -0.2) is 4.39 Å². The minimum absolute atomic E-state index is 0.0297. The number of carbonyl (C=O) groups is 2. The zero-order valence-electron chi connectivity index (χ0n) is 14.8. The Morgan fingerprint density at radius 1 is 1.12 bits per heavy atom. The van der Waals surface area contributed by atoms with Gasteiger partial charge in [0, 0.05) is 18.7 Å². The Balaban J connectivity index is 1.61. The van der Waals surface area contributed by atoms with Crippen molar-refractivity contribution in [2.75, 3.05) is 13.1 Å². The van der Waals surface area contributed by atoms with Crippen molar-refractivity contribution < 1.29 is 14.0 Å². The van der Waals surface area contributed by atoms with Crippen LogP contribution in [0.4, 0.5) is 4.39 Å². The van der Waals surface area contributed by atoms with Crippen LogP contribution in [0.1, 0.15) is 41.7 Å². The number of piperidine rings is 1. The van der Waals surface area contributed by atoms with Gasteiger partial charge in [-0.2, -0.15) is 0 Å². The minimum atomic E-state index is -0.368. The predicted octanol–water partition coefficient (Wildman–Crippen LogP) is 3.56. The Hall–Kier alpha value is -2.69. The second kappa shape index (κ2) is 8.13. The fraction of sp³-hybridized carbons (Fsp3) is 0.333. The number of likely N-dealkylation sites (tertiary alicyclic amines) is 1. The zero-order chi connectivity index (χ0) is 18.5. The number of nitrogens with zero attached hydrogens (tertiary/aromatic N) is 1. The normalized spacial score (nSPS) is 18.2. The van der Waals surface area contributed by atoms with Crippen molar-refractivity contribution in [3.8, 4) is 0 Å². The molecule has 0 spiro atoms. The zero-order valence-corrected chi connectivity index (χ0v) is 14.8. The molecule has 2 aromatic carbocycles. The van der Waals surface area contributed by atoms with Crippen molar-refractivity contribution >= 4 is 11.8 Å². The lowest BCUT2D eigenvalue weighted by atomic mass is 9.95. The van der Waals surface area contributed by atoms with Crippen molar-refractivity contribution in [1.29, 1.82) is 0 Å². The second-order valence-electron chi connectivity index (χ2n) is 6.74. The molecular formula is C21H23FN2O2. The molecular weight excluding hydrogens is 331 g/mol. The van der Waals surface area contributed by atoms with Gasteiger partial charge in [0.05, 0.1) is 12.0 Å². The summed E-state index contributed by atoms with van der Waals surface area (Å²) < 4.78 is 13.0. The molecule has 26 heavy (non-hydrogen) atoms. The predicted molar refractivity (Wildman–Crippen MR) is 98.0 cm³/mol. The van der Waals surface area contributed by atoms with Crippen LogP contribution in [0.15, 0.2) is 54.6 Å². The Bertz CT molecular complexity index is 761. The van der Waals surface area contributed by atoms with Crippen LogP contribution < -0.4 is 5.32 Å². The summed E-state index contributed by atoms with van der Waals surface area (Å²) in [5.41, 5.74) is 1.50. The number of benzene rings is 2. The van der Waals surface area contributed by atoms with Crippen LogP contribution >= 0.6 is 0 Å². The van der Waals surface area contributed by atoms with Gasteiger partial charge >= 0.3 is 0 Å². The van der Waals surface area contributed by atoms with Gasteiger partial charge in [-0.3, -0.25) is 9.59 Å². The standard InChI is InChI=1S/C21H23FN2O2/c1-15(16-6-3-2-4-7-16)23-20(25)18-8-5-13-24(14-18)21(26)17-9-11-19(22)12-10-17/h2-4,6-7,9-12,15,18H,5,8,13-14H2,1H3,(H,23,25)/t15-,18+/m0/s1. The van der Waals surface area contributed by atoms with Crippen molar-refractivity contribution in [1.82, 2.24) is 10.2 Å². The first-order valence-electron chi connectivity index (χ1n) is 8.95.